The second kappa shape index (κ2) is 9.59. The molecule has 6 aromatic rings. The number of hydrogen-bond donors (Lipinski definition) is 0. The van der Waals surface area contributed by atoms with Crippen molar-refractivity contribution in [2.75, 3.05) is 0 Å². The predicted molar refractivity (Wildman–Crippen MR) is 162 cm³/mol. The molecule has 0 spiro atoms. The average Bonchev–Trinajstić information content (AvgIpc) is 3.69. The van der Waals surface area contributed by atoms with Gasteiger partial charge in [0, 0.05) is 11.6 Å². The molecule has 8 rings (SSSR count). The van der Waals surface area contributed by atoms with Gasteiger partial charge in [0.25, 0.3) is 5.56 Å². The normalized spacial score (nSPS) is 16.5. The first-order valence-electron chi connectivity index (χ1n) is 13.0. The third-order valence-electron chi connectivity index (χ3n) is 7.33. The highest BCUT2D eigenvalue weighted by atomic mass is 32.2. The lowest BCUT2D eigenvalue weighted by atomic mass is 9.83. The van der Waals surface area contributed by atoms with Crippen molar-refractivity contribution in [2.24, 2.45) is 4.99 Å². The molecule has 1 aliphatic carbocycles. The minimum absolute atomic E-state index is 0.0419. The van der Waals surface area contributed by atoms with E-state index in [2.05, 4.69) is 42.5 Å². The van der Waals surface area contributed by atoms with Gasteiger partial charge in [0.05, 0.1) is 26.5 Å². The molecular formula is C32H21N3O2S3. The van der Waals surface area contributed by atoms with E-state index in [1.807, 2.05) is 59.2 Å². The van der Waals surface area contributed by atoms with Crippen molar-refractivity contribution in [3.05, 3.63) is 139 Å². The Bertz CT molecular complexity index is 2100. The molecule has 40 heavy (non-hydrogen) atoms. The first-order valence-corrected chi connectivity index (χ1v) is 15.5. The quantitative estimate of drug-likeness (QED) is 0.236. The Kier molecular flexibility index (Phi) is 5.72. The summed E-state index contributed by atoms with van der Waals surface area (Å²) in [5.41, 5.74) is 6.74. The van der Waals surface area contributed by atoms with Crippen LogP contribution in [-0.4, -0.2) is 9.55 Å². The molecule has 2 aliphatic rings. The van der Waals surface area contributed by atoms with Crippen molar-refractivity contribution in [2.45, 2.75) is 28.3 Å². The van der Waals surface area contributed by atoms with Gasteiger partial charge in [-0.3, -0.25) is 9.36 Å². The molecular weight excluding hydrogens is 555 g/mol. The van der Waals surface area contributed by atoms with Gasteiger partial charge < -0.3 is 4.42 Å². The van der Waals surface area contributed by atoms with E-state index in [-0.39, 0.29) is 11.6 Å². The number of allylic oxidation sites excluding steroid dienone is 1. The summed E-state index contributed by atoms with van der Waals surface area (Å²) in [6.07, 6.45) is 3.66. The zero-order chi connectivity index (χ0) is 26.6. The minimum Gasteiger partial charge on any atom is -0.450 e. The summed E-state index contributed by atoms with van der Waals surface area (Å²) in [6.45, 7) is 0. The zero-order valence-corrected chi connectivity index (χ0v) is 23.6. The number of thiazole rings is 2. The molecule has 0 fully saturated rings. The summed E-state index contributed by atoms with van der Waals surface area (Å²) in [4.78, 5) is 24.4. The largest absolute Gasteiger partial charge is 0.450 e. The number of fused-ring (bicyclic) bond motifs is 4. The molecule has 0 bridgehead atoms. The Morgan fingerprint density at radius 2 is 1.73 bits per heavy atom. The standard InChI is InChI=1S/C32H21N3O2S3/c36-30-26(18-21-15-17-27(37-21)40-32-33-24-12-6-7-13-25(24)39-32)38-31-34-28-22-11-5-4-8-19(22)14-16-23(28)29(35(30)31)20-9-2-1-3-10-20/h1-13,15,17-18,29H,14,16H2/b26-18-/t29-/m1/s1. The molecule has 5 nitrogen and oxygen atoms in total. The van der Waals surface area contributed by atoms with Crippen LogP contribution in [-0.2, 0) is 6.42 Å². The maximum atomic E-state index is 13.9. The maximum Gasteiger partial charge on any atom is 0.271 e. The van der Waals surface area contributed by atoms with Crippen LogP contribution in [0.25, 0.3) is 22.0 Å². The Morgan fingerprint density at radius 1 is 0.900 bits per heavy atom. The summed E-state index contributed by atoms with van der Waals surface area (Å²) in [5, 5.41) is 0.743. The lowest BCUT2D eigenvalue weighted by Gasteiger charge is -2.30. The Morgan fingerprint density at radius 3 is 2.62 bits per heavy atom. The van der Waals surface area contributed by atoms with E-state index in [0.717, 1.165) is 48.6 Å². The van der Waals surface area contributed by atoms with Gasteiger partial charge in [-0.25, -0.2) is 9.98 Å². The lowest BCUT2D eigenvalue weighted by Crippen LogP contribution is -2.38. The van der Waals surface area contributed by atoms with Crippen LogP contribution < -0.4 is 14.9 Å². The maximum absolute atomic E-state index is 13.9. The van der Waals surface area contributed by atoms with Crippen LogP contribution in [0.2, 0.25) is 0 Å². The highest BCUT2D eigenvalue weighted by molar-refractivity contribution is 8.01. The van der Waals surface area contributed by atoms with Crippen LogP contribution in [0.4, 0.5) is 0 Å². The molecule has 8 heteroatoms. The van der Waals surface area contributed by atoms with Gasteiger partial charge in [0.2, 0.25) is 0 Å². The van der Waals surface area contributed by atoms with E-state index in [1.54, 1.807) is 11.3 Å². The van der Waals surface area contributed by atoms with Crippen molar-refractivity contribution in [1.82, 2.24) is 9.55 Å². The molecule has 3 aromatic heterocycles. The molecule has 1 aliphatic heterocycles. The molecule has 194 valence electrons. The van der Waals surface area contributed by atoms with Crippen molar-refractivity contribution >= 4 is 56.4 Å². The minimum atomic E-state index is -0.176. The zero-order valence-electron chi connectivity index (χ0n) is 21.1. The Hall–Kier alpha value is -3.98. The second-order valence-corrected chi connectivity index (χ2v) is 13.0. The average molecular weight is 576 g/mol. The van der Waals surface area contributed by atoms with Crippen LogP contribution in [0.1, 0.15) is 34.9 Å². The first-order chi connectivity index (χ1) is 19.7. The fourth-order valence-electron chi connectivity index (χ4n) is 5.53. The molecule has 0 saturated carbocycles. The van der Waals surface area contributed by atoms with Crippen LogP contribution >= 0.6 is 34.4 Å². The molecule has 4 heterocycles. The number of aromatic nitrogens is 2. The number of aryl methyl sites for hydroxylation is 1. The third kappa shape index (κ3) is 4.02. The molecule has 0 unspecified atom stereocenters. The van der Waals surface area contributed by atoms with Crippen molar-refractivity contribution in [1.29, 1.82) is 0 Å². The van der Waals surface area contributed by atoms with E-state index in [9.17, 15) is 4.79 Å². The lowest BCUT2D eigenvalue weighted by molar-refractivity contribution is 0.466. The highest BCUT2D eigenvalue weighted by Crippen LogP contribution is 2.41. The summed E-state index contributed by atoms with van der Waals surface area (Å²) in [5.74, 6) is 0.638. The number of furan rings is 1. The Balaban J connectivity index is 1.22. The van der Waals surface area contributed by atoms with E-state index in [4.69, 9.17) is 14.4 Å². The number of para-hydroxylation sites is 1. The number of benzene rings is 3. The van der Waals surface area contributed by atoms with E-state index in [0.29, 0.717) is 10.3 Å². The fourth-order valence-corrected chi connectivity index (χ4v) is 8.48. The van der Waals surface area contributed by atoms with Gasteiger partial charge >= 0.3 is 0 Å². The topological polar surface area (TPSA) is 60.4 Å². The summed E-state index contributed by atoms with van der Waals surface area (Å²) < 4.78 is 10.7. The number of hydrogen-bond acceptors (Lipinski definition) is 7. The molecule has 0 N–H and O–H groups in total. The monoisotopic (exact) mass is 575 g/mol. The fraction of sp³-hybridized carbons (Fsp3) is 0.0938. The van der Waals surface area contributed by atoms with Gasteiger partial charge in [0.15, 0.2) is 14.2 Å². The summed E-state index contributed by atoms with van der Waals surface area (Å²) in [7, 11) is 0. The molecule has 1 atom stereocenters. The third-order valence-corrected chi connectivity index (χ3v) is 10.3. The first kappa shape index (κ1) is 23.9. The second-order valence-electron chi connectivity index (χ2n) is 9.73. The van der Waals surface area contributed by atoms with E-state index < -0.39 is 0 Å². The van der Waals surface area contributed by atoms with Crippen molar-refractivity contribution < 1.29 is 4.42 Å². The van der Waals surface area contributed by atoms with Crippen LogP contribution in [0, 0.1) is 0 Å². The molecule has 3 aromatic carbocycles. The SMILES string of the molecule is O=c1/c(=C/c2ccc(Sc3nc4ccccc4s3)o2)sc2n1[C@H](c1ccccc1)C1=C(N=2)c2ccccc2CC1. The van der Waals surface area contributed by atoms with Gasteiger partial charge in [-0.1, -0.05) is 78.1 Å². The summed E-state index contributed by atoms with van der Waals surface area (Å²) in [6, 6.07) is 30.6. The Labute approximate surface area is 241 Å². The molecule has 0 saturated heterocycles. The smallest absolute Gasteiger partial charge is 0.271 e. The van der Waals surface area contributed by atoms with Crippen molar-refractivity contribution in [3.8, 4) is 0 Å². The van der Waals surface area contributed by atoms with Gasteiger partial charge in [-0.05, 0) is 65.6 Å². The van der Waals surface area contributed by atoms with Crippen LogP contribution in [0.5, 0.6) is 0 Å². The van der Waals surface area contributed by atoms with Gasteiger partial charge in [-0.2, -0.15) is 0 Å². The highest BCUT2D eigenvalue weighted by Gasteiger charge is 2.32. The van der Waals surface area contributed by atoms with Gasteiger partial charge in [0.1, 0.15) is 5.76 Å². The van der Waals surface area contributed by atoms with E-state index in [1.165, 1.54) is 39.8 Å². The van der Waals surface area contributed by atoms with Crippen LogP contribution in [0.3, 0.4) is 0 Å². The number of rotatable bonds is 4. The van der Waals surface area contributed by atoms with Gasteiger partial charge in [-0.15, -0.1) is 11.3 Å². The summed E-state index contributed by atoms with van der Waals surface area (Å²) >= 11 is 4.56. The number of nitrogens with zero attached hydrogens (tertiary/aromatic N) is 3. The predicted octanol–water partition coefficient (Wildman–Crippen LogP) is 6.67. The van der Waals surface area contributed by atoms with E-state index >= 15 is 0 Å². The van der Waals surface area contributed by atoms with Crippen LogP contribution in [0.15, 0.2) is 120 Å². The molecule has 0 radical (unpaired) electrons. The molecule has 0 amide bonds. The van der Waals surface area contributed by atoms with Crippen molar-refractivity contribution in [3.63, 3.8) is 0 Å².